The minimum atomic E-state index is -0.237. The van der Waals surface area contributed by atoms with Crippen LogP contribution in [0.15, 0.2) is 41.6 Å². The first-order chi connectivity index (χ1) is 15.9. The predicted molar refractivity (Wildman–Crippen MR) is 124 cm³/mol. The average molecular weight is 465 g/mol. The van der Waals surface area contributed by atoms with Crippen LogP contribution < -0.4 is 11.1 Å². The molecule has 33 heavy (non-hydrogen) atoms. The first kappa shape index (κ1) is 21.0. The lowest BCUT2D eigenvalue weighted by Gasteiger charge is -2.07. The first-order valence-electron chi connectivity index (χ1n) is 10.3. The van der Waals surface area contributed by atoms with Crippen LogP contribution in [0.25, 0.3) is 22.1 Å². The number of benzene rings is 1. The maximum absolute atomic E-state index is 12.6. The molecule has 4 aromatic heterocycles. The van der Waals surface area contributed by atoms with Crippen molar-refractivity contribution in [3.05, 3.63) is 64.7 Å². The molecule has 0 aliphatic heterocycles. The van der Waals surface area contributed by atoms with Crippen LogP contribution in [0.3, 0.4) is 0 Å². The van der Waals surface area contributed by atoms with Crippen LogP contribution >= 0.6 is 11.6 Å². The molecule has 4 heterocycles. The number of aromatic amines is 1. The summed E-state index contributed by atoms with van der Waals surface area (Å²) in [5, 5.41) is 8.22. The number of nitrogens with one attached hydrogen (secondary N) is 2. The van der Waals surface area contributed by atoms with E-state index in [9.17, 15) is 4.79 Å². The van der Waals surface area contributed by atoms with E-state index in [1.165, 1.54) is 12.5 Å². The summed E-state index contributed by atoms with van der Waals surface area (Å²) < 4.78 is 7.10. The van der Waals surface area contributed by atoms with Crippen molar-refractivity contribution in [3.8, 4) is 0 Å². The van der Waals surface area contributed by atoms with Gasteiger partial charge in [0.2, 0.25) is 0 Å². The highest BCUT2D eigenvalue weighted by atomic mass is 35.5. The molecule has 0 fully saturated rings. The van der Waals surface area contributed by atoms with Gasteiger partial charge in [-0.2, -0.15) is 0 Å². The summed E-state index contributed by atoms with van der Waals surface area (Å²) in [4.78, 5) is 28.6. The van der Waals surface area contributed by atoms with Crippen LogP contribution in [0.5, 0.6) is 0 Å². The summed E-state index contributed by atoms with van der Waals surface area (Å²) in [6.07, 6.45) is 4.54. The fourth-order valence-corrected chi connectivity index (χ4v) is 4.11. The Morgan fingerprint density at radius 2 is 2.12 bits per heavy atom. The van der Waals surface area contributed by atoms with Crippen LogP contribution in [0.2, 0.25) is 5.02 Å². The van der Waals surface area contributed by atoms with Crippen molar-refractivity contribution in [3.63, 3.8) is 0 Å². The topological polar surface area (TPSA) is 141 Å². The maximum Gasteiger partial charge on any atom is 0.256 e. The second kappa shape index (κ2) is 8.21. The van der Waals surface area contributed by atoms with E-state index in [4.69, 9.17) is 21.9 Å². The normalized spacial score (nSPS) is 11.6. The zero-order valence-corrected chi connectivity index (χ0v) is 18.7. The SMILES string of the molecule is CC(C)c1oncc1C(=O)NCc1cc2cc(Cl)cc(Cn3cnc4c(N)ncnc43)c2[nH]1. The number of imidazole rings is 1. The number of hydrogen-bond acceptors (Lipinski definition) is 7. The van der Waals surface area contributed by atoms with Gasteiger partial charge in [-0.15, -0.1) is 0 Å². The van der Waals surface area contributed by atoms with Crippen LogP contribution in [0, 0.1) is 0 Å². The van der Waals surface area contributed by atoms with Gasteiger partial charge in [0.05, 0.1) is 31.1 Å². The van der Waals surface area contributed by atoms with Crippen molar-refractivity contribution in [1.29, 1.82) is 0 Å². The predicted octanol–water partition coefficient (Wildman–Crippen LogP) is 3.63. The quantitative estimate of drug-likeness (QED) is 0.348. The van der Waals surface area contributed by atoms with Gasteiger partial charge in [-0.25, -0.2) is 15.0 Å². The number of amides is 1. The van der Waals surface area contributed by atoms with E-state index < -0.39 is 0 Å². The van der Waals surface area contributed by atoms with Gasteiger partial charge < -0.3 is 25.1 Å². The van der Waals surface area contributed by atoms with E-state index in [-0.39, 0.29) is 11.8 Å². The number of hydrogen-bond donors (Lipinski definition) is 3. The monoisotopic (exact) mass is 464 g/mol. The molecular formula is C22H21ClN8O2. The molecule has 0 saturated heterocycles. The van der Waals surface area contributed by atoms with E-state index >= 15 is 0 Å². The summed E-state index contributed by atoms with van der Waals surface area (Å²) >= 11 is 6.39. The van der Waals surface area contributed by atoms with E-state index in [2.05, 4.69) is 30.4 Å². The highest BCUT2D eigenvalue weighted by Crippen LogP contribution is 2.27. The number of rotatable bonds is 6. The molecule has 5 rings (SSSR count). The third-order valence-corrected chi connectivity index (χ3v) is 5.63. The van der Waals surface area contributed by atoms with Gasteiger partial charge >= 0.3 is 0 Å². The molecule has 0 aliphatic rings. The average Bonchev–Trinajstić information content (AvgIpc) is 3.51. The van der Waals surface area contributed by atoms with Gasteiger partial charge in [-0.1, -0.05) is 30.6 Å². The first-order valence-corrected chi connectivity index (χ1v) is 10.7. The van der Waals surface area contributed by atoms with Gasteiger partial charge in [-0.05, 0) is 23.8 Å². The molecule has 1 aromatic carbocycles. The summed E-state index contributed by atoms with van der Waals surface area (Å²) in [6.45, 7) is 4.69. The summed E-state index contributed by atoms with van der Waals surface area (Å²) in [7, 11) is 0. The molecule has 0 aliphatic carbocycles. The summed E-state index contributed by atoms with van der Waals surface area (Å²) in [6, 6.07) is 5.74. The molecule has 168 valence electrons. The van der Waals surface area contributed by atoms with Crippen molar-refractivity contribution < 1.29 is 9.32 Å². The fourth-order valence-electron chi connectivity index (χ4n) is 3.86. The Kier molecular flexibility index (Phi) is 5.21. The third kappa shape index (κ3) is 3.89. The van der Waals surface area contributed by atoms with Gasteiger partial charge in [0.25, 0.3) is 5.91 Å². The van der Waals surface area contributed by atoms with E-state index in [0.29, 0.717) is 46.4 Å². The molecule has 11 heteroatoms. The maximum atomic E-state index is 12.6. The number of H-pyrrole nitrogens is 1. The highest BCUT2D eigenvalue weighted by Gasteiger charge is 2.19. The number of nitrogen functional groups attached to an aromatic ring is 1. The smallest absolute Gasteiger partial charge is 0.256 e. The van der Waals surface area contributed by atoms with Crippen LogP contribution in [-0.2, 0) is 13.1 Å². The standard InChI is InChI=1S/C22H21ClN8O2/c1-11(2)19-16(7-29-33-19)22(32)25-6-15-5-12-3-14(23)4-13(17(12)30-15)8-31-10-28-18-20(24)26-9-27-21(18)31/h3-5,7,9-11,30H,6,8H2,1-2H3,(H,25,32)(H2,24,26,27). The fraction of sp³-hybridized carbons (Fsp3) is 0.227. The van der Waals surface area contributed by atoms with Crippen molar-refractivity contribution in [2.24, 2.45) is 0 Å². The van der Waals surface area contributed by atoms with Gasteiger partial charge in [0.1, 0.15) is 17.4 Å². The second-order valence-corrected chi connectivity index (χ2v) is 8.50. The molecule has 4 N–H and O–H groups in total. The lowest BCUT2D eigenvalue weighted by Crippen LogP contribution is -2.23. The third-order valence-electron chi connectivity index (χ3n) is 5.41. The largest absolute Gasteiger partial charge is 0.382 e. The molecule has 0 radical (unpaired) electrons. The molecule has 1 amide bonds. The lowest BCUT2D eigenvalue weighted by molar-refractivity contribution is 0.0948. The second-order valence-electron chi connectivity index (χ2n) is 8.07. The van der Waals surface area contributed by atoms with Gasteiger partial charge in [0.15, 0.2) is 17.2 Å². The van der Waals surface area contributed by atoms with Gasteiger partial charge in [-0.3, -0.25) is 4.79 Å². The number of nitrogens with two attached hydrogens (primary N) is 1. The number of aromatic nitrogens is 6. The van der Waals surface area contributed by atoms with Gasteiger partial charge in [0, 0.05) is 22.0 Å². The molecule has 0 unspecified atom stereocenters. The molecule has 0 saturated carbocycles. The van der Waals surface area contributed by atoms with Crippen LogP contribution in [0.1, 0.15) is 47.1 Å². The number of halogens is 1. The number of anilines is 1. The number of nitrogens with zero attached hydrogens (tertiary/aromatic N) is 5. The van der Waals surface area contributed by atoms with Crippen molar-refractivity contribution in [2.75, 3.05) is 5.73 Å². The Labute approximate surface area is 193 Å². The lowest BCUT2D eigenvalue weighted by atomic mass is 10.1. The zero-order valence-electron chi connectivity index (χ0n) is 18.0. The minimum absolute atomic E-state index is 0.0610. The molecule has 5 aromatic rings. The minimum Gasteiger partial charge on any atom is -0.382 e. The van der Waals surface area contributed by atoms with Crippen molar-refractivity contribution >= 4 is 45.4 Å². The molecule has 0 spiro atoms. The molecule has 0 atom stereocenters. The Morgan fingerprint density at radius 3 is 2.94 bits per heavy atom. The van der Waals surface area contributed by atoms with E-state index in [0.717, 1.165) is 22.2 Å². The van der Waals surface area contributed by atoms with Crippen LogP contribution in [-0.4, -0.2) is 35.6 Å². The van der Waals surface area contributed by atoms with E-state index in [1.807, 2.05) is 36.6 Å². The molecule has 10 nitrogen and oxygen atoms in total. The number of carbonyl (C=O) groups is 1. The van der Waals surface area contributed by atoms with Crippen LogP contribution in [0.4, 0.5) is 5.82 Å². The summed E-state index contributed by atoms with van der Waals surface area (Å²) in [5.74, 6) is 0.724. The molecule has 0 bridgehead atoms. The highest BCUT2D eigenvalue weighted by molar-refractivity contribution is 6.31. The molecular weight excluding hydrogens is 444 g/mol. The summed E-state index contributed by atoms with van der Waals surface area (Å²) in [5.41, 5.74) is 10.3. The van der Waals surface area contributed by atoms with E-state index in [1.54, 1.807) is 6.33 Å². The Balaban J connectivity index is 1.41. The number of fused-ring (bicyclic) bond motifs is 2. The zero-order chi connectivity index (χ0) is 23.1. The Morgan fingerprint density at radius 1 is 1.27 bits per heavy atom. The van der Waals surface area contributed by atoms with Crippen molar-refractivity contribution in [1.82, 2.24) is 35.0 Å². The number of carbonyl (C=O) groups excluding carboxylic acids is 1. The Hall–Kier alpha value is -3.92. The Bertz CT molecular complexity index is 1480. The van der Waals surface area contributed by atoms with Crippen molar-refractivity contribution in [2.45, 2.75) is 32.9 Å².